The van der Waals surface area contributed by atoms with E-state index in [1.54, 1.807) is 0 Å². The summed E-state index contributed by atoms with van der Waals surface area (Å²) in [6.45, 7) is 4.64. The first-order chi connectivity index (χ1) is 16.1. The predicted molar refractivity (Wildman–Crippen MR) is 126 cm³/mol. The molecule has 0 radical (unpaired) electrons. The zero-order valence-corrected chi connectivity index (χ0v) is 19.3. The van der Waals surface area contributed by atoms with Crippen molar-refractivity contribution in [1.29, 1.82) is 0 Å². The Balaban J connectivity index is 1.46. The van der Waals surface area contributed by atoms with Crippen molar-refractivity contribution in [3.05, 3.63) is 70.6 Å². The first-order valence-corrected chi connectivity index (χ1v) is 11.7. The Labute approximate surface area is 194 Å². The molecule has 0 fully saturated rings. The van der Waals surface area contributed by atoms with Crippen molar-refractivity contribution in [3.63, 3.8) is 0 Å². The van der Waals surface area contributed by atoms with Crippen molar-refractivity contribution >= 4 is 5.97 Å². The zero-order valence-electron chi connectivity index (χ0n) is 19.3. The molecule has 1 unspecified atom stereocenters. The molecule has 6 heteroatoms. The highest BCUT2D eigenvalue weighted by atomic mass is 16.5. The second-order valence-electron chi connectivity index (χ2n) is 8.36. The monoisotopic (exact) mass is 449 g/mol. The molecule has 174 valence electrons. The Morgan fingerprint density at radius 2 is 1.88 bits per heavy atom. The van der Waals surface area contributed by atoms with Crippen LogP contribution in [0.15, 0.2) is 46.9 Å². The number of benzene rings is 2. The molecule has 1 aliphatic carbocycles. The highest BCUT2D eigenvalue weighted by Gasteiger charge is 2.24. The minimum Gasteiger partial charge on any atom is -0.493 e. The lowest BCUT2D eigenvalue weighted by Crippen LogP contribution is -2.27. The van der Waals surface area contributed by atoms with Crippen LogP contribution in [-0.4, -0.2) is 35.4 Å². The van der Waals surface area contributed by atoms with E-state index in [0.717, 1.165) is 54.0 Å². The quantitative estimate of drug-likeness (QED) is 0.459. The fraction of sp³-hybridized carbons (Fsp3) is 0.407. The molecule has 0 amide bonds. The second kappa shape index (κ2) is 10.7. The molecular weight excluding hydrogens is 418 g/mol. The van der Waals surface area contributed by atoms with Gasteiger partial charge in [0.15, 0.2) is 6.10 Å². The number of carboxylic acids is 1. The smallest absolute Gasteiger partial charge is 0.333 e. The van der Waals surface area contributed by atoms with Gasteiger partial charge in [0.2, 0.25) is 5.89 Å². The van der Waals surface area contributed by atoms with Crippen molar-refractivity contribution in [2.45, 2.75) is 58.5 Å². The van der Waals surface area contributed by atoms with Crippen LogP contribution in [0.2, 0.25) is 0 Å². The van der Waals surface area contributed by atoms with Crippen molar-refractivity contribution in [2.24, 2.45) is 0 Å². The summed E-state index contributed by atoms with van der Waals surface area (Å²) in [5.74, 6) is 1.42. The average Bonchev–Trinajstić information content (AvgIpc) is 3.21. The number of nitrogens with zero attached hydrogens (tertiary/aromatic N) is 1. The van der Waals surface area contributed by atoms with Gasteiger partial charge in [-0.2, -0.15) is 0 Å². The van der Waals surface area contributed by atoms with Gasteiger partial charge in [-0.3, -0.25) is 0 Å². The first kappa shape index (κ1) is 23.1. The Kier molecular flexibility index (Phi) is 7.45. The van der Waals surface area contributed by atoms with Crippen molar-refractivity contribution in [1.82, 2.24) is 4.98 Å². The predicted octanol–water partition coefficient (Wildman–Crippen LogP) is 5.18. The van der Waals surface area contributed by atoms with Crippen LogP contribution in [-0.2, 0) is 35.2 Å². The Morgan fingerprint density at radius 1 is 1.12 bits per heavy atom. The highest BCUT2D eigenvalue weighted by Crippen LogP contribution is 2.33. The number of carboxylic acid groups (broad SMARTS) is 1. The number of hydrogen-bond donors (Lipinski definition) is 1. The number of hydrogen-bond acceptors (Lipinski definition) is 5. The molecule has 1 aromatic heterocycles. The number of oxazole rings is 1. The van der Waals surface area contributed by atoms with Crippen LogP contribution in [0.1, 0.15) is 47.9 Å². The lowest BCUT2D eigenvalue weighted by molar-refractivity contribution is -0.149. The summed E-state index contributed by atoms with van der Waals surface area (Å²) in [6.07, 6.45) is 4.34. The van der Waals surface area contributed by atoms with Crippen LogP contribution in [0.25, 0.3) is 11.5 Å². The molecule has 2 aromatic carbocycles. The minimum atomic E-state index is -0.917. The normalized spacial score (nSPS) is 14.0. The van der Waals surface area contributed by atoms with E-state index >= 15 is 0 Å². The number of fused-ring (bicyclic) bond motifs is 1. The molecule has 6 nitrogen and oxygen atoms in total. The minimum absolute atomic E-state index is 0.381. The SMILES string of the molecule is CCOC(Cc1ccc(OCCc2nc(-c3ccccc3)oc2C)c2c1CCCC2)C(=O)O. The molecular formula is C27H31NO5. The maximum absolute atomic E-state index is 11.6. The summed E-state index contributed by atoms with van der Waals surface area (Å²) >= 11 is 0. The van der Waals surface area contributed by atoms with Crippen LogP contribution in [0.4, 0.5) is 0 Å². The first-order valence-electron chi connectivity index (χ1n) is 11.7. The Hall–Kier alpha value is -3.12. The molecule has 0 spiro atoms. The molecule has 0 aliphatic heterocycles. The summed E-state index contributed by atoms with van der Waals surface area (Å²) in [4.78, 5) is 16.2. The number of aryl methyl sites for hydroxylation is 1. The summed E-state index contributed by atoms with van der Waals surface area (Å²) < 4.78 is 17.5. The largest absolute Gasteiger partial charge is 0.493 e. The number of carbonyl (C=O) groups is 1. The third-order valence-corrected chi connectivity index (χ3v) is 6.15. The fourth-order valence-electron chi connectivity index (χ4n) is 4.48. The maximum Gasteiger partial charge on any atom is 0.333 e. The van der Waals surface area contributed by atoms with Crippen LogP contribution < -0.4 is 4.74 Å². The molecule has 0 saturated carbocycles. The standard InChI is InChI=1S/C27H31NO5/c1-3-31-25(27(29)30)17-20-13-14-24(22-12-8-7-11-21(20)22)32-16-15-23-18(2)33-26(28-23)19-9-5-4-6-10-19/h4-6,9-10,13-14,25H,3,7-8,11-12,15-17H2,1-2H3,(H,29,30). The van der Waals surface area contributed by atoms with E-state index in [2.05, 4.69) is 4.98 Å². The maximum atomic E-state index is 11.6. The van der Waals surface area contributed by atoms with Crippen LogP contribution in [0, 0.1) is 6.92 Å². The van der Waals surface area contributed by atoms with Gasteiger partial charge >= 0.3 is 5.97 Å². The topological polar surface area (TPSA) is 81.8 Å². The molecule has 4 rings (SSSR count). The molecule has 1 aliphatic rings. The fourth-order valence-corrected chi connectivity index (χ4v) is 4.48. The Bertz CT molecular complexity index is 1090. The molecule has 1 heterocycles. The van der Waals surface area contributed by atoms with E-state index in [-0.39, 0.29) is 0 Å². The summed E-state index contributed by atoms with van der Waals surface area (Å²) in [5.41, 5.74) is 5.36. The van der Waals surface area contributed by atoms with E-state index in [0.29, 0.717) is 31.9 Å². The number of rotatable bonds is 10. The van der Waals surface area contributed by atoms with Gasteiger partial charge in [-0.05, 0) is 74.4 Å². The third-order valence-electron chi connectivity index (χ3n) is 6.15. The molecule has 1 atom stereocenters. The average molecular weight is 450 g/mol. The zero-order chi connectivity index (χ0) is 23.2. The van der Waals surface area contributed by atoms with Crippen LogP contribution >= 0.6 is 0 Å². The summed E-state index contributed by atoms with van der Waals surface area (Å²) in [5, 5.41) is 9.48. The van der Waals surface area contributed by atoms with Crippen LogP contribution in [0.5, 0.6) is 5.75 Å². The number of aromatic nitrogens is 1. The third kappa shape index (κ3) is 5.45. The van der Waals surface area contributed by atoms with Gasteiger partial charge in [0.25, 0.3) is 0 Å². The lowest BCUT2D eigenvalue weighted by Gasteiger charge is -2.24. The molecule has 1 N–H and O–H groups in total. The van der Waals surface area contributed by atoms with Crippen molar-refractivity contribution in [2.75, 3.05) is 13.2 Å². The van der Waals surface area contributed by atoms with Gasteiger partial charge < -0.3 is 19.0 Å². The van der Waals surface area contributed by atoms with E-state index < -0.39 is 12.1 Å². The number of ether oxygens (including phenoxy) is 2. The summed E-state index contributed by atoms with van der Waals surface area (Å²) in [6, 6.07) is 13.9. The van der Waals surface area contributed by atoms with Gasteiger partial charge in [-0.15, -0.1) is 0 Å². The summed E-state index contributed by atoms with van der Waals surface area (Å²) in [7, 11) is 0. The van der Waals surface area contributed by atoms with Gasteiger partial charge in [-0.1, -0.05) is 24.3 Å². The second-order valence-corrected chi connectivity index (χ2v) is 8.36. The van der Waals surface area contributed by atoms with E-state index in [9.17, 15) is 9.90 Å². The van der Waals surface area contributed by atoms with Crippen molar-refractivity contribution in [3.8, 4) is 17.2 Å². The molecule has 0 saturated heterocycles. The van der Waals surface area contributed by atoms with E-state index in [1.165, 1.54) is 11.1 Å². The molecule has 3 aromatic rings. The van der Waals surface area contributed by atoms with Crippen molar-refractivity contribution < 1.29 is 23.8 Å². The lowest BCUT2D eigenvalue weighted by atomic mass is 9.86. The van der Waals surface area contributed by atoms with Gasteiger partial charge in [0.05, 0.1) is 12.3 Å². The van der Waals surface area contributed by atoms with Gasteiger partial charge in [-0.25, -0.2) is 9.78 Å². The van der Waals surface area contributed by atoms with Gasteiger partial charge in [0, 0.05) is 25.0 Å². The molecule has 33 heavy (non-hydrogen) atoms. The van der Waals surface area contributed by atoms with Gasteiger partial charge in [0.1, 0.15) is 11.5 Å². The van der Waals surface area contributed by atoms with Crippen LogP contribution in [0.3, 0.4) is 0 Å². The highest BCUT2D eigenvalue weighted by molar-refractivity contribution is 5.73. The van der Waals surface area contributed by atoms with E-state index in [4.69, 9.17) is 13.9 Å². The Morgan fingerprint density at radius 3 is 2.61 bits per heavy atom. The molecule has 0 bridgehead atoms. The number of aliphatic carboxylic acids is 1. The van der Waals surface area contributed by atoms with E-state index in [1.807, 2.05) is 56.3 Å².